The summed E-state index contributed by atoms with van der Waals surface area (Å²) in [6, 6.07) is 2.28. The van der Waals surface area contributed by atoms with Crippen molar-refractivity contribution in [2.45, 2.75) is 46.1 Å². The predicted octanol–water partition coefficient (Wildman–Crippen LogP) is 2.07. The summed E-state index contributed by atoms with van der Waals surface area (Å²) < 4.78 is 27.2. The Bertz CT molecular complexity index is 407. The van der Waals surface area contributed by atoms with Gasteiger partial charge in [0.2, 0.25) is 0 Å². The molecule has 1 fully saturated rings. The van der Waals surface area contributed by atoms with E-state index in [2.05, 4.69) is 6.07 Å². The minimum Gasteiger partial charge on any atom is -0.267 e. The Morgan fingerprint density at radius 2 is 1.88 bits per heavy atom. The lowest BCUT2D eigenvalue weighted by Gasteiger charge is -2.42. The number of hydrogen-bond acceptors (Lipinski definition) is 4. The van der Waals surface area contributed by atoms with Gasteiger partial charge in [0.25, 0.3) is 10.1 Å². The summed E-state index contributed by atoms with van der Waals surface area (Å²) in [6.45, 7) is 5.95. The SMILES string of the molecule is CC1(C)CC(OS(C)(=O)=O)CC(C)(C#N)C1. The molecule has 0 radical (unpaired) electrons. The monoisotopic (exact) mass is 245 g/mol. The molecule has 0 aromatic carbocycles. The van der Waals surface area contributed by atoms with Crippen LogP contribution in [0.2, 0.25) is 0 Å². The average Bonchev–Trinajstić information content (AvgIpc) is 1.96. The van der Waals surface area contributed by atoms with Crippen molar-refractivity contribution in [1.82, 2.24) is 0 Å². The molecule has 0 N–H and O–H groups in total. The fourth-order valence-electron chi connectivity index (χ4n) is 2.79. The third kappa shape index (κ3) is 3.76. The van der Waals surface area contributed by atoms with Crippen LogP contribution in [0.4, 0.5) is 0 Å². The van der Waals surface area contributed by atoms with Gasteiger partial charge in [0.1, 0.15) is 0 Å². The van der Waals surface area contributed by atoms with Gasteiger partial charge in [0, 0.05) is 0 Å². The molecule has 0 amide bonds. The van der Waals surface area contributed by atoms with Crippen LogP contribution in [0, 0.1) is 22.2 Å². The normalized spacial score (nSPS) is 34.3. The minimum absolute atomic E-state index is 0.0575. The van der Waals surface area contributed by atoms with E-state index < -0.39 is 15.5 Å². The molecular weight excluding hydrogens is 226 g/mol. The largest absolute Gasteiger partial charge is 0.267 e. The Balaban J connectivity index is 2.86. The minimum atomic E-state index is -3.44. The summed E-state index contributed by atoms with van der Waals surface area (Å²) in [4.78, 5) is 0. The molecule has 1 saturated carbocycles. The van der Waals surface area contributed by atoms with Crippen LogP contribution in [0.5, 0.6) is 0 Å². The van der Waals surface area contributed by atoms with Crippen molar-refractivity contribution in [3.8, 4) is 6.07 Å². The molecular formula is C11H19NO3S. The summed E-state index contributed by atoms with van der Waals surface area (Å²) in [5, 5.41) is 9.14. The summed E-state index contributed by atoms with van der Waals surface area (Å²) >= 11 is 0. The van der Waals surface area contributed by atoms with E-state index in [1.807, 2.05) is 20.8 Å². The van der Waals surface area contributed by atoms with Gasteiger partial charge in [-0.05, 0) is 31.6 Å². The van der Waals surface area contributed by atoms with Crippen molar-refractivity contribution in [3.05, 3.63) is 0 Å². The molecule has 0 aliphatic heterocycles. The Kier molecular flexibility index (Phi) is 3.37. The fourth-order valence-corrected chi connectivity index (χ4v) is 3.42. The van der Waals surface area contributed by atoms with E-state index in [0.717, 1.165) is 12.7 Å². The molecule has 0 saturated heterocycles. The van der Waals surface area contributed by atoms with Crippen LogP contribution < -0.4 is 0 Å². The zero-order valence-electron chi connectivity index (χ0n) is 10.3. The van der Waals surface area contributed by atoms with Gasteiger partial charge < -0.3 is 0 Å². The standard InChI is InChI=1S/C11H19NO3S/c1-10(2)5-9(15-16(4,13)14)6-11(3,7-10)8-12/h9H,5-7H2,1-4H3. The molecule has 0 heterocycles. The lowest BCUT2D eigenvalue weighted by atomic mass is 9.64. The van der Waals surface area contributed by atoms with Crippen LogP contribution in [0.15, 0.2) is 0 Å². The van der Waals surface area contributed by atoms with Gasteiger partial charge in [-0.3, -0.25) is 4.18 Å². The van der Waals surface area contributed by atoms with E-state index in [1.54, 1.807) is 0 Å². The second-order valence-electron chi connectivity index (χ2n) is 5.84. The van der Waals surface area contributed by atoms with Crippen molar-refractivity contribution in [2.24, 2.45) is 10.8 Å². The molecule has 92 valence electrons. The summed E-state index contributed by atoms with van der Waals surface area (Å²) in [6.07, 6.45) is 2.62. The van der Waals surface area contributed by atoms with Crippen molar-refractivity contribution >= 4 is 10.1 Å². The fraction of sp³-hybridized carbons (Fsp3) is 0.909. The number of rotatable bonds is 2. The maximum atomic E-state index is 11.1. The van der Waals surface area contributed by atoms with Gasteiger partial charge in [-0.2, -0.15) is 13.7 Å². The van der Waals surface area contributed by atoms with Crippen LogP contribution in [0.1, 0.15) is 40.0 Å². The van der Waals surface area contributed by atoms with Crippen LogP contribution >= 0.6 is 0 Å². The average molecular weight is 245 g/mol. The number of nitriles is 1. The van der Waals surface area contributed by atoms with E-state index >= 15 is 0 Å². The molecule has 16 heavy (non-hydrogen) atoms. The van der Waals surface area contributed by atoms with E-state index in [1.165, 1.54) is 0 Å². The molecule has 0 aromatic heterocycles. The maximum absolute atomic E-state index is 11.1. The highest BCUT2D eigenvalue weighted by atomic mass is 32.2. The zero-order chi connectivity index (χ0) is 12.6. The van der Waals surface area contributed by atoms with E-state index in [0.29, 0.717) is 12.8 Å². The van der Waals surface area contributed by atoms with Crippen LogP contribution in [0.3, 0.4) is 0 Å². The molecule has 4 nitrogen and oxygen atoms in total. The van der Waals surface area contributed by atoms with E-state index in [-0.39, 0.29) is 11.5 Å². The van der Waals surface area contributed by atoms with E-state index in [4.69, 9.17) is 9.44 Å². The zero-order valence-corrected chi connectivity index (χ0v) is 11.1. The second-order valence-corrected chi connectivity index (χ2v) is 7.44. The Morgan fingerprint density at radius 3 is 2.31 bits per heavy atom. The van der Waals surface area contributed by atoms with Crippen molar-refractivity contribution in [3.63, 3.8) is 0 Å². The molecule has 1 aliphatic rings. The van der Waals surface area contributed by atoms with Gasteiger partial charge in [0.15, 0.2) is 0 Å². The summed E-state index contributed by atoms with van der Waals surface area (Å²) in [7, 11) is -3.44. The van der Waals surface area contributed by atoms with Crippen LogP contribution in [0.25, 0.3) is 0 Å². The molecule has 1 rings (SSSR count). The van der Waals surface area contributed by atoms with Gasteiger partial charge >= 0.3 is 0 Å². The summed E-state index contributed by atoms with van der Waals surface area (Å²) in [5.74, 6) is 0. The van der Waals surface area contributed by atoms with Crippen LogP contribution in [-0.2, 0) is 14.3 Å². The van der Waals surface area contributed by atoms with E-state index in [9.17, 15) is 8.42 Å². The van der Waals surface area contributed by atoms with Crippen LogP contribution in [-0.4, -0.2) is 20.8 Å². The Morgan fingerprint density at radius 1 is 1.31 bits per heavy atom. The van der Waals surface area contributed by atoms with Gasteiger partial charge in [-0.1, -0.05) is 13.8 Å². The smallest absolute Gasteiger partial charge is 0.264 e. The first-order valence-electron chi connectivity index (χ1n) is 5.35. The second kappa shape index (κ2) is 4.01. The molecule has 0 spiro atoms. The molecule has 2 unspecified atom stereocenters. The highest BCUT2D eigenvalue weighted by Gasteiger charge is 2.43. The highest BCUT2D eigenvalue weighted by molar-refractivity contribution is 7.86. The highest BCUT2D eigenvalue weighted by Crippen LogP contribution is 2.46. The van der Waals surface area contributed by atoms with Crippen molar-refractivity contribution in [2.75, 3.05) is 6.26 Å². The van der Waals surface area contributed by atoms with Crippen molar-refractivity contribution < 1.29 is 12.6 Å². The van der Waals surface area contributed by atoms with Gasteiger partial charge in [0.05, 0.1) is 23.8 Å². The summed E-state index contributed by atoms with van der Waals surface area (Å²) in [5.41, 5.74) is -0.546. The van der Waals surface area contributed by atoms with Gasteiger partial charge in [-0.25, -0.2) is 0 Å². The first kappa shape index (κ1) is 13.5. The maximum Gasteiger partial charge on any atom is 0.264 e. The molecule has 5 heteroatoms. The number of nitrogens with zero attached hydrogens (tertiary/aromatic N) is 1. The third-order valence-corrected chi connectivity index (χ3v) is 3.53. The Hall–Kier alpha value is -0.600. The molecule has 0 bridgehead atoms. The van der Waals surface area contributed by atoms with Gasteiger partial charge in [-0.15, -0.1) is 0 Å². The number of hydrogen-bond donors (Lipinski definition) is 0. The topological polar surface area (TPSA) is 67.2 Å². The first-order chi connectivity index (χ1) is 7.05. The van der Waals surface area contributed by atoms with Crippen molar-refractivity contribution in [1.29, 1.82) is 5.26 Å². The lowest BCUT2D eigenvalue weighted by Crippen LogP contribution is -2.39. The third-order valence-electron chi connectivity index (χ3n) is 2.91. The lowest BCUT2D eigenvalue weighted by molar-refractivity contribution is 0.0343. The molecule has 2 atom stereocenters. The predicted molar refractivity (Wildman–Crippen MR) is 61.1 cm³/mol. The Labute approximate surface area is 97.7 Å². The first-order valence-corrected chi connectivity index (χ1v) is 7.16. The quantitative estimate of drug-likeness (QED) is 0.698. The molecule has 0 aromatic rings. The molecule has 1 aliphatic carbocycles.